The van der Waals surface area contributed by atoms with Gasteiger partial charge in [-0.1, -0.05) is 190 Å². The summed E-state index contributed by atoms with van der Waals surface area (Å²) in [5.74, 6) is 0. The predicted octanol–water partition coefficient (Wildman–Crippen LogP) is 18.9. The molecule has 0 aliphatic heterocycles. The van der Waals surface area contributed by atoms with Crippen LogP contribution in [-0.2, 0) is 5.41 Å². The van der Waals surface area contributed by atoms with E-state index in [1.165, 1.54) is 130 Å². The largest absolute Gasteiger partial charge is 0.309 e. The quantitative estimate of drug-likeness (QED) is 0.156. The fraction of sp³-hybridized carbons (Fsp3) is 0.0462. The molecule has 314 valence electrons. The Hall–Kier alpha value is -8.04. The lowest BCUT2D eigenvalue weighted by atomic mass is 9.80. The second kappa shape index (κ2) is 14.5. The van der Waals surface area contributed by atoms with E-state index >= 15 is 0 Å². The van der Waals surface area contributed by atoms with Crippen LogP contribution < -0.4 is 4.90 Å². The van der Waals surface area contributed by atoms with Crippen molar-refractivity contribution in [1.29, 1.82) is 0 Å². The molecule has 0 N–H and O–H groups in total. The van der Waals surface area contributed by atoms with Crippen molar-refractivity contribution in [2.75, 3.05) is 4.90 Å². The second-order valence-corrected chi connectivity index (χ2v) is 19.8. The van der Waals surface area contributed by atoms with Crippen molar-refractivity contribution >= 4 is 102 Å². The van der Waals surface area contributed by atoms with Gasteiger partial charge in [0.2, 0.25) is 0 Å². The molecular weight excluding hydrogens is 827 g/mol. The van der Waals surface area contributed by atoms with Gasteiger partial charge in [-0.15, -0.1) is 11.3 Å². The minimum atomic E-state index is -0.269. The third-order valence-corrected chi connectivity index (χ3v) is 16.0. The topological polar surface area (TPSA) is 3.24 Å². The van der Waals surface area contributed by atoms with E-state index in [0.29, 0.717) is 0 Å². The van der Waals surface area contributed by atoms with E-state index in [1.807, 2.05) is 11.3 Å². The van der Waals surface area contributed by atoms with Gasteiger partial charge in [-0.05, 0) is 131 Å². The van der Waals surface area contributed by atoms with Gasteiger partial charge in [-0.25, -0.2) is 0 Å². The van der Waals surface area contributed by atoms with Crippen molar-refractivity contribution in [3.63, 3.8) is 0 Å². The maximum Gasteiger partial charge on any atom is 0.0540 e. The molecule has 14 rings (SSSR count). The Morgan fingerprint density at radius 2 is 0.836 bits per heavy atom. The van der Waals surface area contributed by atoms with Gasteiger partial charge in [0.05, 0.1) is 11.4 Å². The number of rotatable bonds is 5. The molecule has 0 saturated carbocycles. The highest BCUT2D eigenvalue weighted by atomic mass is 32.1. The first-order chi connectivity index (χ1) is 33.0. The van der Waals surface area contributed by atoms with E-state index in [9.17, 15) is 0 Å². The summed E-state index contributed by atoms with van der Waals surface area (Å²) < 4.78 is 2.66. The van der Waals surface area contributed by atoms with Crippen molar-refractivity contribution < 1.29 is 0 Å². The highest BCUT2D eigenvalue weighted by Gasteiger charge is 2.37. The van der Waals surface area contributed by atoms with E-state index in [1.54, 1.807) is 0 Å². The third-order valence-electron chi connectivity index (χ3n) is 14.8. The summed E-state index contributed by atoms with van der Waals surface area (Å²) in [5.41, 5.74) is 13.7. The van der Waals surface area contributed by atoms with Gasteiger partial charge in [0, 0.05) is 47.6 Å². The van der Waals surface area contributed by atoms with Crippen molar-refractivity contribution in [1.82, 2.24) is 0 Å². The molecule has 12 aromatic carbocycles. The lowest BCUT2D eigenvalue weighted by Gasteiger charge is -2.30. The summed E-state index contributed by atoms with van der Waals surface area (Å²) in [6, 6.07) is 84.0. The van der Waals surface area contributed by atoms with E-state index in [2.05, 4.69) is 243 Å². The molecule has 0 atom stereocenters. The Balaban J connectivity index is 0.977. The molecule has 0 saturated heterocycles. The highest BCUT2D eigenvalue weighted by molar-refractivity contribution is 7.26. The van der Waals surface area contributed by atoms with E-state index in [0.717, 1.165) is 5.69 Å². The first kappa shape index (κ1) is 38.3. The molecule has 0 radical (unpaired) electrons. The first-order valence-corrected chi connectivity index (χ1v) is 24.1. The zero-order chi connectivity index (χ0) is 44.4. The number of hydrogen-bond donors (Lipinski definition) is 0. The molecule has 67 heavy (non-hydrogen) atoms. The summed E-state index contributed by atoms with van der Waals surface area (Å²) in [7, 11) is 0. The molecule has 0 amide bonds. The molecule has 1 nitrogen and oxygen atoms in total. The average Bonchev–Trinajstić information content (AvgIpc) is 3.86. The van der Waals surface area contributed by atoms with E-state index in [4.69, 9.17) is 0 Å². The molecule has 1 heterocycles. The summed E-state index contributed by atoms with van der Waals surface area (Å²) >= 11 is 1.91. The summed E-state index contributed by atoms with van der Waals surface area (Å²) in [5, 5.41) is 15.2. The number of anilines is 3. The molecule has 1 aliphatic rings. The zero-order valence-corrected chi connectivity index (χ0v) is 38.0. The maximum absolute atomic E-state index is 2.52. The third kappa shape index (κ3) is 5.67. The van der Waals surface area contributed by atoms with Crippen LogP contribution in [0.5, 0.6) is 0 Å². The van der Waals surface area contributed by atoms with Gasteiger partial charge in [-0.3, -0.25) is 0 Å². The average molecular weight is 870 g/mol. The SMILES string of the molecule is CC1(C)c2cc(-c3c4ccccc4c(-c4cccc5c4sc4ccccc45)c4cc5ccccc5cc34)ccc2-c2ccc(N(c3cccc4ccccc34)c3cccc4ccccc34)cc21. The minimum Gasteiger partial charge on any atom is -0.309 e. The standard InChI is InChI=1S/C65H43NS/c1-65(2)57-38-44(32-34-48(57)49-35-33-45(39-58(49)65)66(59-29-13-20-40-16-5-7-22-46(40)59)60-30-14-21-41-17-6-8-23-47(41)60)62-51-25-9-10-26-52(51)63(56-37-43-19-4-3-18-42(43)36-55(56)62)54-28-15-27-53-50-24-11-12-31-61(50)67-64(53)54/h3-39H,1-2H3. The summed E-state index contributed by atoms with van der Waals surface area (Å²) in [4.78, 5) is 2.49. The van der Waals surface area contributed by atoms with Crippen molar-refractivity contribution in [2.45, 2.75) is 19.3 Å². The minimum absolute atomic E-state index is 0.269. The highest BCUT2D eigenvalue weighted by Crippen LogP contribution is 2.54. The molecule has 13 aromatic rings. The van der Waals surface area contributed by atoms with Crippen LogP contribution in [0.2, 0.25) is 0 Å². The van der Waals surface area contributed by atoms with Crippen LogP contribution in [0.1, 0.15) is 25.0 Å². The zero-order valence-electron chi connectivity index (χ0n) is 37.2. The molecular formula is C65H43NS. The van der Waals surface area contributed by atoms with Crippen LogP contribution in [0.15, 0.2) is 224 Å². The molecule has 0 bridgehead atoms. The fourth-order valence-corrected chi connectivity index (χ4v) is 12.9. The molecule has 0 fully saturated rings. The lowest BCUT2D eigenvalue weighted by Crippen LogP contribution is -2.17. The van der Waals surface area contributed by atoms with Crippen molar-refractivity contribution in [2.24, 2.45) is 0 Å². The summed E-state index contributed by atoms with van der Waals surface area (Å²) in [6.45, 7) is 4.84. The van der Waals surface area contributed by atoms with Gasteiger partial charge >= 0.3 is 0 Å². The molecule has 1 aliphatic carbocycles. The summed E-state index contributed by atoms with van der Waals surface area (Å²) in [6.07, 6.45) is 0. The second-order valence-electron chi connectivity index (χ2n) is 18.8. The van der Waals surface area contributed by atoms with Crippen LogP contribution >= 0.6 is 11.3 Å². The fourth-order valence-electron chi connectivity index (χ4n) is 11.6. The number of thiophene rings is 1. The molecule has 2 heteroatoms. The van der Waals surface area contributed by atoms with Gasteiger partial charge in [-0.2, -0.15) is 0 Å². The normalized spacial score (nSPS) is 13.0. The number of hydrogen-bond acceptors (Lipinski definition) is 2. The van der Waals surface area contributed by atoms with E-state index in [-0.39, 0.29) is 5.41 Å². The van der Waals surface area contributed by atoms with E-state index < -0.39 is 0 Å². The van der Waals surface area contributed by atoms with Crippen LogP contribution in [0.4, 0.5) is 17.1 Å². The Kier molecular flexibility index (Phi) is 8.27. The lowest BCUT2D eigenvalue weighted by molar-refractivity contribution is 0.660. The first-order valence-electron chi connectivity index (χ1n) is 23.3. The number of benzene rings is 12. The van der Waals surface area contributed by atoms with Gasteiger partial charge in [0.25, 0.3) is 0 Å². The van der Waals surface area contributed by atoms with Crippen molar-refractivity contribution in [3.8, 4) is 33.4 Å². The van der Waals surface area contributed by atoms with Gasteiger partial charge < -0.3 is 4.90 Å². The Morgan fingerprint density at radius 1 is 0.343 bits per heavy atom. The number of nitrogens with zero attached hydrogens (tertiary/aromatic N) is 1. The smallest absolute Gasteiger partial charge is 0.0540 e. The van der Waals surface area contributed by atoms with Crippen LogP contribution in [0, 0.1) is 0 Å². The van der Waals surface area contributed by atoms with Crippen LogP contribution in [-0.4, -0.2) is 0 Å². The Labute approximate surface area is 393 Å². The maximum atomic E-state index is 2.52. The molecule has 1 aromatic heterocycles. The Morgan fingerprint density at radius 3 is 1.51 bits per heavy atom. The molecule has 0 unspecified atom stereocenters. The van der Waals surface area contributed by atoms with Gasteiger partial charge in [0.15, 0.2) is 0 Å². The monoisotopic (exact) mass is 869 g/mol. The Bertz CT molecular complexity index is 4120. The van der Waals surface area contributed by atoms with Crippen LogP contribution in [0.3, 0.4) is 0 Å². The molecule has 0 spiro atoms. The van der Waals surface area contributed by atoms with Crippen molar-refractivity contribution in [3.05, 3.63) is 236 Å². The predicted molar refractivity (Wildman–Crippen MR) is 290 cm³/mol. The van der Waals surface area contributed by atoms with Crippen LogP contribution in [0.25, 0.3) is 107 Å². The van der Waals surface area contributed by atoms with Gasteiger partial charge in [0.1, 0.15) is 0 Å². The number of fused-ring (bicyclic) bond motifs is 11.